The Balaban J connectivity index is 1.54. The lowest BCUT2D eigenvalue weighted by molar-refractivity contribution is -0.119. The predicted molar refractivity (Wildman–Crippen MR) is 121 cm³/mol. The molecule has 2 fully saturated rings. The van der Waals surface area contributed by atoms with Gasteiger partial charge in [-0.25, -0.2) is 16.8 Å². The number of carbonyl (C=O) groups excluding carboxylic acids is 1. The first-order valence-electron chi connectivity index (χ1n) is 11.0. The van der Waals surface area contributed by atoms with Crippen molar-refractivity contribution in [3.63, 3.8) is 0 Å². The Kier molecular flexibility index (Phi) is 6.63. The van der Waals surface area contributed by atoms with E-state index < -0.39 is 32.0 Å². The van der Waals surface area contributed by atoms with Crippen molar-refractivity contribution < 1.29 is 26.2 Å². The SMILES string of the molecule is Cc1noc(C)c1S(=O)(=O)N1CCC[C@H]1C(=O)Nc1cccc(S(=O)(=O)N2CCCCC2)c1. The fraction of sp³-hybridized carbons (Fsp3) is 0.524. The van der Waals surface area contributed by atoms with Crippen LogP contribution in [0.15, 0.2) is 38.6 Å². The van der Waals surface area contributed by atoms with Crippen LogP contribution in [0.3, 0.4) is 0 Å². The summed E-state index contributed by atoms with van der Waals surface area (Å²) in [6.45, 7) is 4.23. The highest BCUT2D eigenvalue weighted by Crippen LogP contribution is 2.30. The third-order valence-corrected chi connectivity index (χ3v) is 10.1. The van der Waals surface area contributed by atoms with E-state index in [1.807, 2.05) is 0 Å². The van der Waals surface area contributed by atoms with Crippen molar-refractivity contribution in [2.24, 2.45) is 0 Å². The molecule has 0 aliphatic carbocycles. The molecule has 0 unspecified atom stereocenters. The van der Waals surface area contributed by atoms with Gasteiger partial charge in [-0.2, -0.15) is 8.61 Å². The first kappa shape index (κ1) is 23.9. The molecule has 10 nitrogen and oxygen atoms in total. The number of aromatic nitrogens is 1. The molecule has 1 N–H and O–H groups in total. The lowest BCUT2D eigenvalue weighted by atomic mass is 10.2. The molecule has 4 rings (SSSR count). The number of piperidine rings is 1. The minimum Gasteiger partial charge on any atom is -0.360 e. The molecule has 1 amide bonds. The highest BCUT2D eigenvalue weighted by Gasteiger charge is 2.42. The Morgan fingerprint density at radius 1 is 1.03 bits per heavy atom. The Morgan fingerprint density at radius 3 is 2.42 bits per heavy atom. The standard InChI is InChI=1S/C21H28N4O6S2/c1-15-20(16(2)31-23-15)33(29,30)25-13-7-10-19(25)21(26)22-17-8-6-9-18(14-17)32(27,28)24-11-4-3-5-12-24/h6,8-9,14,19H,3-5,7,10-13H2,1-2H3,(H,22,26)/t19-/m0/s1. The second kappa shape index (κ2) is 9.16. The number of rotatable bonds is 6. The number of hydrogen-bond donors (Lipinski definition) is 1. The van der Waals surface area contributed by atoms with Crippen LogP contribution in [0.2, 0.25) is 0 Å². The van der Waals surface area contributed by atoms with E-state index in [4.69, 9.17) is 4.52 Å². The molecule has 1 aromatic carbocycles. The summed E-state index contributed by atoms with van der Waals surface area (Å²) >= 11 is 0. The number of amides is 1. The van der Waals surface area contributed by atoms with Crippen molar-refractivity contribution in [1.29, 1.82) is 0 Å². The van der Waals surface area contributed by atoms with E-state index in [9.17, 15) is 21.6 Å². The van der Waals surface area contributed by atoms with Crippen LogP contribution in [0.1, 0.15) is 43.6 Å². The monoisotopic (exact) mass is 496 g/mol. The van der Waals surface area contributed by atoms with Crippen molar-refractivity contribution in [3.05, 3.63) is 35.7 Å². The van der Waals surface area contributed by atoms with Gasteiger partial charge in [0.15, 0.2) is 5.76 Å². The third kappa shape index (κ3) is 4.57. The molecule has 2 aliphatic heterocycles. The van der Waals surface area contributed by atoms with Crippen LogP contribution in [0.4, 0.5) is 5.69 Å². The number of hydrogen-bond acceptors (Lipinski definition) is 7. The average molecular weight is 497 g/mol. The Morgan fingerprint density at radius 2 is 1.76 bits per heavy atom. The number of nitrogens with zero attached hydrogens (tertiary/aromatic N) is 3. The van der Waals surface area contributed by atoms with Crippen LogP contribution in [0, 0.1) is 13.8 Å². The highest BCUT2D eigenvalue weighted by molar-refractivity contribution is 7.89. The number of anilines is 1. The smallest absolute Gasteiger partial charge is 0.249 e. The maximum Gasteiger partial charge on any atom is 0.249 e. The van der Waals surface area contributed by atoms with Gasteiger partial charge in [-0.15, -0.1) is 0 Å². The van der Waals surface area contributed by atoms with Crippen molar-refractivity contribution >= 4 is 31.6 Å². The van der Waals surface area contributed by atoms with Crippen molar-refractivity contribution in [3.8, 4) is 0 Å². The van der Waals surface area contributed by atoms with Gasteiger partial charge in [0.25, 0.3) is 0 Å². The van der Waals surface area contributed by atoms with Gasteiger partial charge in [0.05, 0.1) is 4.90 Å². The zero-order valence-electron chi connectivity index (χ0n) is 18.7. The molecule has 0 radical (unpaired) electrons. The van der Waals surface area contributed by atoms with Crippen LogP contribution >= 0.6 is 0 Å². The first-order chi connectivity index (χ1) is 15.6. The van der Waals surface area contributed by atoms with Gasteiger partial charge < -0.3 is 9.84 Å². The number of aryl methyl sites for hydroxylation is 2. The second-order valence-electron chi connectivity index (χ2n) is 8.41. The third-order valence-electron chi connectivity index (χ3n) is 6.10. The summed E-state index contributed by atoms with van der Waals surface area (Å²) in [5.74, 6) is -0.329. The number of nitrogens with one attached hydrogen (secondary N) is 1. The van der Waals surface area contributed by atoms with Gasteiger partial charge in [-0.3, -0.25) is 4.79 Å². The zero-order chi connectivity index (χ0) is 23.8. The Hall–Kier alpha value is -2.28. The van der Waals surface area contributed by atoms with E-state index in [-0.39, 0.29) is 27.8 Å². The molecular weight excluding hydrogens is 468 g/mol. The summed E-state index contributed by atoms with van der Waals surface area (Å²) in [4.78, 5) is 13.1. The highest BCUT2D eigenvalue weighted by atomic mass is 32.2. The molecule has 1 atom stereocenters. The number of benzene rings is 1. The van der Waals surface area contributed by atoms with Crippen LogP contribution in [-0.4, -0.2) is 62.2 Å². The zero-order valence-corrected chi connectivity index (χ0v) is 20.3. The minimum absolute atomic E-state index is 0.0168. The Bertz CT molecular complexity index is 1230. The van der Waals surface area contributed by atoms with E-state index in [1.54, 1.807) is 19.1 Å². The molecule has 33 heavy (non-hydrogen) atoms. The van der Waals surface area contributed by atoms with Gasteiger partial charge in [-0.1, -0.05) is 17.6 Å². The van der Waals surface area contributed by atoms with Gasteiger partial charge in [0, 0.05) is 25.3 Å². The van der Waals surface area contributed by atoms with Crippen LogP contribution in [-0.2, 0) is 24.8 Å². The van der Waals surface area contributed by atoms with Gasteiger partial charge >= 0.3 is 0 Å². The van der Waals surface area contributed by atoms with E-state index in [2.05, 4.69) is 10.5 Å². The quantitative estimate of drug-likeness (QED) is 0.649. The van der Waals surface area contributed by atoms with Crippen molar-refractivity contribution in [2.45, 2.75) is 61.8 Å². The first-order valence-corrected chi connectivity index (χ1v) is 13.9. The summed E-state index contributed by atoms with van der Waals surface area (Å²) in [5.41, 5.74) is 0.550. The average Bonchev–Trinajstić information content (AvgIpc) is 3.42. The van der Waals surface area contributed by atoms with Crippen LogP contribution in [0.25, 0.3) is 0 Å². The van der Waals surface area contributed by atoms with E-state index in [0.29, 0.717) is 31.6 Å². The summed E-state index contributed by atoms with van der Waals surface area (Å²) in [6, 6.07) is 5.17. The predicted octanol–water partition coefficient (Wildman–Crippen LogP) is 2.26. The van der Waals surface area contributed by atoms with E-state index in [1.165, 1.54) is 27.7 Å². The largest absolute Gasteiger partial charge is 0.360 e. The maximum absolute atomic E-state index is 13.2. The molecule has 0 saturated carbocycles. The normalized spacial score (nSPS) is 20.7. The molecule has 3 heterocycles. The summed E-state index contributed by atoms with van der Waals surface area (Å²) in [5, 5.41) is 6.43. The molecule has 2 aliphatic rings. The molecular formula is C21H28N4O6S2. The maximum atomic E-state index is 13.2. The van der Waals surface area contributed by atoms with E-state index in [0.717, 1.165) is 19.3 Å². The van der Waals surface area contributed by atoms with Crippen LogP contribution < -0.4 is 5.32 Å². The summed E-state index contributed by atoms with van der Waals surface area (Å²) in [7, 11) is -7.63. The minimum atomic E-state index is -3.98. The Labute approximate surface area is 194 Å². The number of carbonyl (C=O) groups is 1. The molecule has 2 saturated heterocycles. The number of sulfonamides is 2. The topological polar surface area (TPSA) is 130 Å². The summed E-state index contributed by atoms with van der Waals surface area (Å²) in [6.07, 6.45) is 3.56. The molecule has 180 valence electrons. The summed E-state index contributed by atoms with van der Waals surface area (Å²) < 4.78 is 60.0. The molecule has 2 aromatic rings. The van der Waals surface area contributed by atoms with E-state index >= 15 is 0 Å². The lowest BCUT2D eigenvalue weighted by Gasteiger charge is -2.26. The van der Waals surface area contributed by atoms with Crippen molar-refractivity contribution in [1.82, 2.24) is 13.8 Å². The fourth-order valence-electron chi connectivity index (χ4n) is 4.46. The molecule has 12 heteroatoms. The second-order valence-corrected chi connectivity index (χ2v) is 12.2. The lowest BCUT2D eigenvalue weighted by Crippen LogP contribution is -2.43. The molecule has 0 bridgehead atoms. The van der Waals surface area contributed by atoms with Crippen LogP contribution in [0.5, 0.6) is 0 Å². The molecule has 0 spiro atoms. The fourth-order valence-corrected chi connectivity index (χ4v) is 7.98. The van der Waals surface area contributed by atoms with Gasteiger partial charge in [-0.05, 0) is 57.7 Å². The van der Waals surface area contributed by atoms with Crippen molar-refractivity contribution in [2.75, 3.05) is 25.0 Å². The van der Waals surface area contributed by atoms with Gasteiger partial charge in [0.1, 0.15) is 16.6 Å². The molecule has 1 aromatic heterocycles. The van der Waals surface area contributed by atoms with Gasteiger partial charge in [0.2, 0.25) is 26.0 Å².